The summed E-state index contributed by atoms with van der Waals surface area (Å²) in [5.74, 6) is 1.19. The van der Waals surface area contributed by atoms with Crippen LogP contribution in [0.1, 0.15) is 29.2 Å². The molecule has 0 N–H and O–H groups in total. The molecular formula is C20H20N4O2S. The Labute approximate surface area is 161 Å². The second-order valence-corrected chi connectivity index (χ2v) is 7.34. The SMILES string of the molecule is Cc1nccc(OC2CCCN(C(=O)c3csc(-c4ccccc4)n3)C2)n1. The molecule has 6 nitrogen and oxygen atoms in total. The summed E-state index contributed by atoms with van der Waals surface area (Å²) in [5.41, 5.74) is 1.53. The molecule has 1 fully saturated rings. The summed E-state index contributed by atoms with van der Waals surface area (Å²) in [4.78, 5) is 27.6. The largest absolute Gasteiger partial charge is 0.472 e. The van der Waals surface area contributed by atoms with E-state index in [0.717, 1.165) is 30.0 Å². The molecule has 1 amide bonds. The molecule has 1 saturated heterocycles. The first-order chi connectivity index (χ1) is 13.2. The average Bonchev–Trinajstić information content (AvgIpc) is 3.19. The zero-order valence-corrected chi connectivity index (χ0v) is 15.9. The molecule has 1 unspecified atom stereocenters. The highest BCUT2D eigenvalue weighted by atomic mass is 32.1. The molecule has 3 heterocycles. The summed E-state index contributed by atoms with van der Waals surface area (Å²) in [7, 11) is 0. The van der Waals surface area contributed by atoms with Gasteiger partial charge in [0.05, 0.1) is 6.54 Å². The number of likely N-dealkylation sites (tertiary alicyclic amines) is 1. The van der Waals surface area contributed by atoms with Crippen LogP contribution in [0.15, 0.2) is 48.0 Å². The minimum Gasteiger partial charge on any atom is -0.472 e. The van der Waals surface area contributed by atoms with Crippen molar-refractivity contribution in [2.75, 3.05) is 13.1 Å². The van der Waals surface area contributed by atoms with E-state index in [0.29, 0.717) is 23.9 Å². The molecule has 0 saturated carbocycles. The first-order valence-electron chi connectivity index (χ1n) is 8.95. The zero-order valence-electron chi connectivity index (χ0n) is 15.0. The number of aryl methyl sites for hydroxylation is 1. The maximum absolute atomic E-state index is 12.9. The molecule has 1 aliphatic rings. The second kappa shape index (κ2) is 7.84. The number of benzene rings is 1. The Balaban J connectivity index is 1.43. The molecule has 2 aromatic heterocycles. The van der Waals surface area contributed by atoms with Gasteiger partial charge >= 0.3 is 0 Å². The van der Waals surface area contributed by atoms with Gasteiger partial charge in [-0.3, -0.25) is 4.79 Å². The summed E-state index contributed by atoms with van der Waals surface area (Å²) >= 11 is 1.49. The molecule has 3 aromatic rings. The van der Waals surface area contributed by atoms with Crippen LogP contribution in [0.2, 0.25) is 0 Å². The van der Waals surface area contributed by atoms with Gasteiger partial charge in [-0.25, -0.2) is 9.97 Å². The van der Waals surface area contributed by atoms with Gasteiger partial charge in [-0.2, -0.15) is 4.98 Å². The summed E-state index contributed by atoms with van der Waals surface area (Å²) in [6.45, 7) is 3.09. The lowest BCUT2D eigenvalue weighted by Crippen LogP contribution is -2.44. The minimum absolute atomic E-state index is 0.0411. The molecule has 0 aliphatic carbocycles. The summed E-state index contributed by atoms with van der Waals surface area (Å²) < 4.78 is 5.96. The van der Waals surface area contributed by atoms with Crippen LogP contribution in [0.3, 0.4) is 0 Å². The van der Waals surface area contributed by atoms with Gasteiger partial charge in [-0.15, -0.1) is 11.3 Å². The van der Waals surface area contributed by atoms with Gasteiger partial charge in [0.15, 0.2) is 0 Å². The number of carbonyl (C=O) groups is 1. The van der Waals surface area contributed by atoms with E-state index in [1.807, 2.05) is 47.5 Å². The van der Waals surface area contributed by atoms with E-state index in [9.17, 15) is 4.79 Å². The Morgan fingerprint density at radius 3 is 2.89 bits per heavy atom. The van der Waals surface area contributed by atoms with Crippen molar-refractivity contribution in [3.05, 3.63) is 59.5 Å². The molecule has 0 bridgehead atoms. The Morgan fingerprint density at radius 2 is 2.07 bits per heavy atom. The molecule has 1 aromatic carbocycles. The van der Waals surface area contributed by atoms with E-state index < -0.39 is 0 Å². The third-order valence-electron chi connectivity index (χ3n) is 4.45. The first-order valence-corrected chi connectivity index (χ1v) is 9.83. The van der Waals surface area contributed by atoms with Crippen molar-refractivity contribution in [2.24, 2.45) is 0 Å². The molecule has 7 heteroatoms. The van der Waals surface area contributed by atoms with Crippen LogP contribution in [-0.4, -0.2) is 45.0 Å². The molecule has 27 heavy (non-hydrogen) atoms. The maximum Gasteiger partial charge on any atom is 0.273 e. The highest BCUT2D eigenvalue weighted by Crippen LogP contribution is 2.25. The van der Waals surface area contributed by atoms with Gasteiger partial charge in [0.25, 0.3) is 5.91 Å². The fraction of sp³-hybridized carbons (Fsp3) is 0.300. The standard InChI is InChI=1S/C20H20N4O2S/c1-14-21-10-9-18(22-14)26-16-8-5-11-24(12-16)20(25)17-13-27-19(23-17)15-6-3-2-4-7-15/h2-4,6-7,9-10,13,16H,5,8,11-12H2,1H3. The van der Waals surface area contributed by atoms with Crippen molar-refractivity contribution in [3.8, 4) is 16.5 Å². The number of carbonyl (C=O) groups excluding carboxylic acids is 1. The number of hydrogen-bond donors (Lipinski definition) is 0. The Morgan fingerprint density at radius 1 is 1.22 bits per heavy atom. The number of amides is 1. The normalized spacial score (nSPS) is 16.9. The monoisotopic (exact) mass is 380 g/mol. The van der Waals surface area contributed by atoms with Crippen LogP contribution >= 0.6 is 11.3 Å². The Hall–Kier alpha value is -2.80. The number of piperidine rings is 1. The predicted octanol–water partition coefficient (Wildman–Crippen LogP) is 3.59. The van der Waals surface area contributed by atoms with Crippen molar-refractivity contribution < 1.29 is 9.53 Å². The van der Waals surface area contributed by atoms with Crippen LogP contribution in [0.5, 0.6) is 5.88 Å². The third kappa shape index (κ3) is 4.14. The molecule has 0 radical (unpaired) electrons. The lowest BCUT2D eigenvalue weighted by molar-refractivity contribution is 0.0522. The van der Waals surface area contributed by atoms with Crippen LogP contribution in [0.25, 0.3) is 10.6 Å². The molecule has 138 valence electrons. The van der Waals surface area contributed by atoms with Crippen molar-refractivity contribution in [3.63, 3.8) is 0 Å². The van der Waals surface area contributed by atoms with Gasteiger partial charge in [0.1, 0.15) is 22.6 Å². The first kappa shape index (κ1) is 17.6. The quantitative estimate of drug-likeness (QED) is 0.692. The zero-order chi connectivity index (χ0) is 18.6. The third-order valence-corrected chi connectivity index (χ3v) is 5.34. The smallest absolute Gasteiger partial charge is 0.273 e. The predicted molar refractivity (Wildman–Crippen MR) is 104 cm³/mol. The Bertz CT molecular complexity index is 928. The summed E-state index contributed by atoms with van der Waals surface area (Å²) in [5, 5.41) is 2.70. The molecule has 4 rings (SSSR count). The number of hydrogen-bond acceptors (Lipinski definition) is 6. The summed E-state index contributed by atoms with van der Waals surface area (Å²) in [6, 6.07) is 11.7. The number of thiazole rings is 1. The van der Waals surface area contributed by atoms with E-state index in [1.165, 1.54) is 11.3 Å². The topological polar surface area (TPSA) is 68.2 Å². The van der Waals surface area contributed by atoms with Crippen LogP contribution in [-0.2, 0) is 0 Å². The number of nitrogens with zero attached hydrogens (tertiary/aromatic N) is 4. The lowest BCUT2D eigenvalue weighted by Gasteiger charge is -2.32. The van der Waals surface area contributed by atoms with Crippen molar-refractivity contribution >= 4 is 17.2 Å². The van der Waals surface area contributed by atoms with Crippen molar-refractivity contribution in [1.29, 1.82) is 0 Å². The molecule has 1 atom stereocenters. The highest BCUT2D eigenvalue weighted by molar-refractivity contribution is 7.13. The van der Waals surface area contributed by atoms with Crippen molar-refractivity contribution in [1.82, 2.24) is 19.9 Å². The van der Waals surface area contributed by atoms with Crippen molar-refractivity contribution in [2.45, 2.75) is 25.9 Å². The second-order valence-electron chi connectivity index (χ2n) is 6.48. The van der Waals surface area contributed by atoms with Gasteiger partial charge in [-0.05, 0) is 19.8 Å². The molecule has 0 spiro atoms. The van der Waals surface area contributed by atoms with Gasteiger partial charge < -0.3 is 9.64 Å². The summed E-state index contributed by atoms with van der Waals surface area (Å²) in [6.07, 6.45) is 3.42. The van der Waals surface area contributed by atoms with E-state index in [2.05, 4.69) is 15.0 Å². The number of ether oxygens (including phenoxy) is 1. The van der Waals surface area contributed by atoms with E-state index in [4.69, 9.17) is 4.74 Å². The maximum atomic E-state index is 12.9. The van der Waals surface area contributed by atoms with Crippen LogP contribution in [0.4, 0.5) is 0 Å². The number of aromatic nitrogens is 3. The highest BCUT2D eigenvalue weighted by Gasteiger charge is 2.27. The number of rotatable bonds is 4. The fourth-order valence-electron chi connectivity index (χ4n) is 3.14. The van der Waals surface area contributed by atoms with E-state index in [1.54, 1.807) is 12.3 Å². The van der Waals surface area contributed by atoms with E-state index >= 15 is 0 Å². The Kier molecular flexibility index (Phi) is 5.11. The van der Waals surface area contributed by atoms with Gasteiger partial charge in [0.2, 0.25) is 5.88 Å². The molecule has 1 aliphatic heterocycles. The van der Waals surface area contributed by atoms with Crippen LogP contribution < -0.4 is 4.74 Å². The minimum atomic E-state index is -0.0655. The van der Waals surface area contributed by atoms with Gasteiger partial charge in [0, 0.05) is 29.8 Å². The van der Waals surface area contributed by atoms with Gasteiger partial charge in [-0.1, -0.05) is 30.3 Å². The average molecular weight is 380 g/mol. The van der Waals surface area contributed by atoms with E-state index in [-0.39, 0.29) is 12.0 Å². The fourth-order valence-corrected chi connectivity index (χ4v) is 3.94. The lowest BCUT2D eigenvalue weighted by atomic mass is 10.1. The van der Waals surface area contributed by atoms with Crippen LogP contribution in [0, 0.1) is 6.92 Å². The molecular weight excluding hydrogens is 360 g/mol.